The van der Waals surface area contributed by atoms with Crippen molar-refractivity contribution in [3.8, 4) is 5.95 Å². The highest BCUT2D eigenvalue weighted by atomic mass is 19.1. The molecular formula is C21H22F2N6. The quantitative estimate of drug-likeness (QED) is 0.663. The van der Waals surface area contributed by atoms with Crippen molar-refractivity contribution in [2.75, 3.05) is 37.6 Å². The summed E-state index contributed by atoms with van der Waals surface area (Å²) in [5.41, 5.74) is 2.05. The second kappa shape index (κ2) is 8.48. The summed E-state index contributed by atoms with van der Waals surface area (Å²) in [4.78, 5) is 12.5. The molecule has 1 aliphatic heterocycles. The molecule has 8 heteroatoms. The zero-order valence-electron chi connectivity index (χ0n) is 16.2. The van der Waals surface area contributed by atoms with Gasteiger partial charge in [-0.3, -0.25) is 4.90 Å². The van der Waals surface area contributed by atoms with Gasteiger partial charge >= 0.3 is 0 Å². The van der Waals surface area contributed by atoms with Gasteiger partial charge in [0.05, 0.1) is 11.9 Å². The summed E-state index contributed by atoms with van der Waals surface area (Å²) in [5.74, 6) is -0.470. The molecule has 4 rings (SSSR count). The molecule has 0 spiro atoms. The first-order chi connectivity index (χ1) is 14.1. The molecule has 0 N–H and O–H groups in total. The van der Waals surface area contributed by atoms with Crippen LogP contribution in [0.2, 0.25) is 0 Å². The van der Waals surface area contributed by atoms with Crippen LogP contribution in [-0.2, 0) is 0 Å². The standard InChI is InChI=1S/C21H22F2N6/c1-16-17(15-26-29(16)21-24-8-4-9-25-21)5-3-10-27-11-13-28(14-12-27)20-18(22)6-2-7-19(20)23/h2-9,15H,10-14H2,1H3/b5-3+. The first-order valence-corrected chi connectivity index (χ1v) is 9.53. The van der Waals surface area contributed by atoms with E-state index in [4.69, 9.17) is 0 Å². The van der Waals surface area contributed by atoms with Crippen LogP contribution in [0.25, 0.3) is 12.0 Å². The van der Waals surface area contributed by atoms with Crippen molar-refractivity contribution in [3.05, 3.63) is 71.8 Å². The summed E-state index contributed by atoms with van der Waals surface area (Å²) in [6.07, 6.45) is 9.28. The molecule has 0 saturated carbocycles. The van der Waals surface area contributed by atoms with E-state index in [1.807, 2.05) is 13.0 Å². The van der Waals surface area contributed by atoms with Gasteiger partial charge in [0, 0.05) is 50.7 Å². The van der Waals surface area contributed by atoms with Crippen LogP contribution in [0, 0.1) is 18.6 Å². The number of piperazine rings is 1. The third-order valence-corrected chi connectivity index (χ3v) is 5.08. The Morgan fingerprint density at radius 2 is 1.69 bits per heavy atom. The average molecular weight is 396 g/mol. The number of hydrogen-bond acceptors (Lipinski definition) is 5. The molecule has 0 aliphatic carbocycles. The number of anilines is 1. The maximum atomic E-state index is 14.0. The fourth-order valence-corrected chi connectivity index (χ4v) is 3.46. The minimum Gasteiger partial charge on any atom is -0.364 e. The molecule has 1 aromatic carbocycles. The summed E-state index contributed by atoms with van der Waals surface area (Å²) in [6, 6.07) is 5.76. The normalized spacial score (nSPS) is 15.3. The molecule has 0 amide bonds. The number of benzene rings is 1. The third kappa shape index (κ3) is 4.17. The highest BCUT2D eigenvalue weighted by Crippen LogP contribution is 2.24. The molecule has 2 aromatic heterocycles. The van der Waals surface area contributed by atoms with Gasteiger partial charge in [0.15, 0.2) is 0 Å². The van der Waals surface area contributed by atoms with Gasteiger partial charge in [-0.1, -0.05) is 18.2 Å². The Morgan fingerprint density at radius 1 is 1.00 bits per heavy atom. The predicted octanol–water partition coefficient (Wildman–Crippen LogP) is 3.08. The van der Waals surface area contributed by atoms with Crippen molar-refractivity contribution in [2.45, 2.75) is 6.92 Å². The zero-order valence-corrected chi connectivity index (χ0v) is 16.2. The lowest BCUT2D eigenvalue weighted by atomic mass is 10.2. The smallest absolute Gasteiger partial charge is 0.250 e. The lowest BCUT2D eigenvalue weighted by Crippen LogP contribution is -2.46. The lowest BCUT2D eigenvalue weighted by Gasteiger charge is -2.35. The van der Waals surface area contributed by atoms with E-state index in [9.17, 15) is 8.78 Å². The molecule has 3 heterocycles. The van der Waals surface area contributed by atoms with Gasteiger partial charge in [0.25, 0.3) is 5.95 Å². The Labute approximate surface area is 168 Å². The summed E-state index contributed by atoms with van der Waals surface area (Å²) in [7, 11) is 0. The summed E-state index contributed by atoms with van der Waals surface area (Å²) in [6.45, 7) is 5.41. The van der Waals surface area contributed by atoms with Crippen LogP contribution < -0.4 is 4.90 Å². The lowest BCUT2D eigenvalue weighted by molar-refractivity contribution is 0.282. The molecule has 1 fully saturated rings. The van der Waals surface area contributed by atoms with Gasteiger partial charge in [0.1, 0.15) is 17.3 Å². The maximum absolute atomic E-state index is 14.0. The summed E-state index contributed by atoms with van der Waals surface area (Å²) in [5, 5.41) is 4.36. The molecule has 0 unspecified atom stereocenters. The highest BCUT2D eigenvalue weighted by molar-refractivity contribution is 5.52. The topological polar surface area (TPSA) is 50.1 Å². The molecule has 150 valence electrons. The number of para-hydroxylation sites is 1. The SMILES string of the molecule is Cc1c(/C=C/CN2CCN(c3c(F)cccc3F)CC2)cnn1-c1ncccn1. The fraction of sp³-hybridized carbons (Fsp3) is 0.286. The Kier molecular flexibility index (Phi) is 5.62. The number of aromatic nitrogens is 4. The molecule has 29 heavy (non-hydrogen) atoms. The van der Waals surface area contributed by atoms with E-state index in [2.05, 4.69) is 26.0 Å². The van der Waals surface area contributed by atoms with Crippen LogP contribution in [0.1, 0.15) is 11.3 Å². The van der Waals surface area contributed by atoms with Crippen molar-refractivity contribution in [3.63, 3.8) is 0 Å². The summed E-state index contributed by atoms with van der Waals surface area (Å²) < 4.78 is 29.6. The Hall–Kier alpha value is -3.13. The van der Waals surface area contributed by atoms with E-state index in [1.54, 1.807) is 34.2 Å². The van der Waals surface area contributed by atoms with Gasteiger partial charge < -0.3 is 4.90 Å². The monoisotopic (exact) mass is 396 g/mol. The van der Waals surface area contributed by atoms with Crippen molar-refractivity contribution < 1.29 is 8.78 Å². The third-order valence-electron chi connectivity index (χ3n) is 5.08. The van der Waals surface area contributed by atoms with E-state index < -0.39 is 11.6 Å². The van der Waals surface area contributed by atoms with Gasteiger partial charge in [-0.2, -0.15) is 5.10 Å². The van der Waals surface area contributed by atoms with Crippen molar-refractivity contribution in [2.24, 2.45) is 0 Å². The Balaban J connectivity index is 1.34. The minimum atomic E-state index is -0.506. The molecule has 0 atom stereocenters. The first-order valence-electron chi connectivity index (χ1n) is 9.53. The molecule has 0 radical (unpaired) electrons. The summed E-state index contributed by atoms with van der Waals surface area (Å²) >= 11 is 0. The molecule has 1 saturated heterocycles. The predicted molar refractivity (Wildman–Crippen MR) is 108 cm³/mol. The number of nitrogens with zero attached hydrogens (tertiary/aromatic N) is 6. The van der Waals surface area contributed by atoms with Crippen LogP contribution in [0.3, 0.4) is 0 Å². The second-order valence-corrected chi connectivity index (χ2v) is 6.91. The number of rotatable bonds is 5. The molecule has 6 nitrogen and oxygen atoms in total. The van der Waals surface area contributed by atoms with E-state index in [1.165, 1.54) is 18.2 Å². The van der Waals surface area contributed by atoms with E-state index in [-0.39, 0.29) is 5.69 Å². The molecule has 3 aromatic rings. The second-order valence-electron chi connectivity index (χ2n) is 6.91. The maximum Gasteiger partial charge on any atom is 0.250 e. The zero-order chi connectivity index (χ0) is 20.2. The van der Waals surface area contributed by atoms with Gasteiger partial charge in [-0.15, -0.1) is 0 Å². The number of hydrogen-bond donors (Lipinski definition) is 0. The van der Waals surface area contributed by atoms with Gasteiger partial charge in [-0.25, -0.2) is 23.4 Å². The first kappa shape index (κ1) is 19.2. The fourth-order valence-electron chi connectivity index (χ4n) is 3.46. The Bertz CT molecular complexity index is 973. The number of halogens is 2. The highest BCUT2D eigenvalue weighted by Gasteiger charge is 2.21. The van der Waals surface area contributed by atoms with Crippen LogP contribution in [0.5, 0.6) is 0 Å². The van der Waals surface area contributed by atoms with Gasteiger partial charge in [-0.05, 0) is 25.1 Å². The van der Waals surface area contributed by atoms with Crippen molar-refractivity contribution in [1.29, 1.82) is 0 Å². The van der Waals surface area contributed by atoms with Crippen LogP contribution in [-0.4, -0.2) is 57.4 Å². The molecule has 0 bridgehead atoms. The van der Waals surface area contributed by atoms with E-state index >= 15 is 0 Å². The average Bonchev–Trinajstić information content (AvgIpc) is 3.10. The van der Waals surface area contributed by atoms with E-state index in [0.717, 1.165) is 30.9 Å². The van der Waals surface area contributed by atoms with Crippen LogP contribution in [0.4, 0.5) is 14.5 Å². The van der Waals surface area contributed by atoms with Crippen LogP contribution in [0.15, 0.2) is 48.9 Å². The largest absolute Gasteiger partial charge is 0.364 e. The van der Waals surface area contributed by atoms with E-state index in [0.29, 0.717) is 19.0 Å². The molecule has 1 aliphatic rings. The minimum absolute atomic E-state index is 0.0776. The van der Waals surface area contributed by atoms with Crippen LogP contribution >= 0.6 is 0 Å². The van der Waals surface area contributed by atoms with Crippen molar-refractivity contribution >= 4 is 11.8 Å². The molecular weight excluding hydrogens is 374 g/mol. The van der Waals surface area contributed by atoms with Gasteiger partial charge in [0.2, 0.25) is 0 Å². The van der Waals surface area contributed by atoms with Crippen molar-refractivity contribution in [1.82, 2.24) is 24.6 Å². The Morgan fingerprint density at radius 3 is 2.38 bits per heavy atom.